The SMILES string of the molecule is [CH]=C(CC)c1ccc(OC)cc1. The minimum atomic E-state index is 0.864. The van der Waals surface area contributed by atoms with Crippen LogP contribution < -0.4 is 4.74 Å². The summed E-state index contributed by atoms with van der Waals surface area (Å²) in [6.07, 6.45) is 0.881. The highest BCUT2D eigenvalue weighted by atomic mass is 16.5. The summed E-state index contributed by atoms with van der Waals surface area (Å²) in [5.74, 6) is 0.864. The molecule has 0 N–H and O–H groups in total. The van der Waals surface area contributed by atoms with Gasteiger partial charge in [-0.15, -0.1) is 0 Å². The van der Waals surface area contributed by atoms with E-state index in [4.69, 9.17) is 11.3 Å². The molecule has 0 bridgehead atoms. The van der Waals surface area contributed by atoms with E-state index in [1.807, 2.05) is 31.2 Å². The second kappa shape index (κ2) is 3.96. The number of ether oxygens (including phenoxy) is 1. The molecule has 1 radical (unpaired) electrons. The zero-order valence-electron chi connectivity index (χ0n) is 7.50. The number of hydrogen-bond acceptors (Lipinski definition) is 1. The van der Waals surface area contributed by atoms with Crippen molar-refractivity contribution < 1.29 is 4.74 Å². The van der Waals surface area contributed by atoms with Crippen molar-refractivity contribution in [2.24, 2.45) is 0 Å². The third-order valence-electron chi connectivity index (χ3n) is 1.84. The van der Waals surface area contributed by atoms with Crippen LogP contribution in [0.15, 0.2) is 24.3 Å². The number of rotatable bonds is 3. The Labute approximate surface area is 73.7 Å². The molecule has 0 heterocycles. The summed E-state index contributed by atoms with van der Waals surface area (Å²) in [4.78, 5) is 0. The van der Waals surface area contributed by atoms with Crippen LogP contribution in [0.2, 0.25) is 0 Å². The van der Waals surface area contributed by atoms with Crippen LogP contribution in [0.3, 0.4) is 0 Å². The predicted molar refractivity (Wildman–Crippen MR) is 51.0 cm³/mol. The van der Waals surface area contributed by atoms with Crippen molar-refractivity contribution in [1.82, 2.24) is 0 Å². The second-order valence-electron chi connectivity index (χ2n) is 2.61. The Balaban J connectivity index is 2.84. The van der Waals surface area contributed by atoms with Crippen molar-refractivity contribution in [1.29, 1.82) is 0 Å². The predicted octanol–water partition coefficient (Wildman–Crippen LogP) is 2.92. The molecule has 1 nitrogen and oxygen atoms in total. The monoisotopic (exact) mass is 161 g/mol. The molecule has 0 aromatic heterocycles. The average molecular weight is 161 g/mol. The molecule has 63 valence electrons. The second-order valence-corrected chi connectivity index (χ2v) is 2.61. The van der Waals surface area contributed by atoms with Gasteiger partial charge in [0.2, 0.25) is 0 Å². The van der Waals surface area contributed by atoms with Crippen LogP contribution in [0.5, 0.6) is 5.75 Å². The summed E-state index contributed by atoms with van der Waals surface area (Å²) in [6, 6.07) is 7.77. The Kier molecular flexibility index (Phi) is 2.92. The van der Waals surface area contributed by atoms with Gasteiger partial charge in [-0.1, -0.05) is 25.6 Å². The molecule has 0 saturated heterocycles. The smallest absolute Gasteiger partial charge is 0.118 e. The number of hydrogen-bond donors (Lipinski definition) is 0. The molecule has 0 aliphatic rings. The van der Waals surface area contributed by atoms with Crippen LogP contribution in [0.4, 0.5) is 0 Å². The quantitative estimate of drug-likeness (QED) is 0.662. The molecule has 0 saturated carbocycles. The van der Waals surface area contributed by atoms with Crippen LogP contribution in [0.25, 0.3) is 5.57 Å². The molecule has 0 unspecified atom stereocenters. The number of allylic oxidation sites excluding steroid dienone is 1. The van der Waals surface area contributed by atoms with Crippen LogP contribution in [0.1, 0.15) is 18.9 Å². The van der Waals surface area contributed by atoms with E-state index < -0.39 is 0 Å². The van der Waals surface area contributed by atoms with E-state index in [0.717, 1.165) is 23.3 Å². The van der Waals surface area contributed by atoms with Crippen molar-refractivity contribution in [2.75, 3.05) is 7.11 Å². The van der Waals surface area contributed by atoms with Gasteiger partial charge in [-0.2, -0.15) is 0 Å². The largest absolute Gasteiger partial charge is 0.497 e. The molecule has 1 aromatic rings. The molecule has 1 heteroatoms. The van der Waals surface area contributed by atoms with Crippen LogP contribution in [-0.4, -0.2) is 7.11 Å². The minimum Gasteiger partial charge on any atom is -0.497 e. The first kappa shape index (κ1) is 8.85. The van der Waals surface area contributed by atoms with Gasteiger partial charge in [0.05, 0.1) is 7.11 Å². The lowest BCUT2D eigenvalue weighted by molar-refractivity contribution is 0.415. The van der Waals surface area contributed by atoms with Gasteiger partial charge in [0.25, 0.3) is 0 Å². The molecule has 0 aliphatic heterocycles. The van der Waals surface area contributed by atoms with Crippen LogP contribution >= 0.6 is 0 Å². The van der Waals surface area contributed by atoms with Crippen molar-refractivity contribution in [3.05, 3.63) is 36.4 Å². The highest BCUT2D eigenvalue weighted by molar-refractivity contribution is 5.62. The van der Waals surface area contributed by atoms with Gasteiger partial charge in [-0.05, 0) is 29.7 Å². The molecule has 1 rings (SSSR count). The van der Waals surface area contributed by atoms with Gasteiger partial charge in [0, 0.05) is 0 Å². The fraction of sp³-hybridized carbons (Fsp3) is 0.273. The van der Waals surface area contributed by atoms with E-state index in [1.165, 1.54) is 0 Å². The maximum absolute atomic E-state index is 5.76. The molecule has 0 aliphatic carbocycles. The zero-order chi connectivity index (χ0) is 8.97. The fourth-order valence-electron chi connectivity index (χ4n) is 1.01. The molecule has 0 amide bonds. The summed E-state index contributed by atoms with van der Waals surface area (Å²) < 4.78 is 5.03. The lowest BCUT2D eigenvalue weighted by atomic mass is 10.1. The lowest BCUT2D eigenvalue weighted by Gasteiger charge is -2.03. The van der Waals surface area contributed by atoms with Crippen molar-refractivity contribution >= 4 is 5.57 Å². The molecular formula is C11H13O. The third kappa shape index (κ3) is 1.88. The first-order valence-corrected chi connectivity index (χ1v) is 4.03. The van der Waals surface area contributed by atoms with Gasteiger partial charge in [0.1, 0.15) is 5.75 Å². The summed E-state index contributed by atoms with van der Waals surface area (Å²) >= 11 is 0. The van der Waals surface area contributed by atoms with Crippen molar-refractivity contribution in [2.45, 2.75) is 13.3 Å². The Morgan fingerprint density at radius 2 is 1.92 bits per heavy atom. The van der Waals surface area contributed by atoms with Crippen molar-refractivity contribution in [3.63, 3.8) is 0 Å². The van der Waals surface area contributed by atoms with Gasteiger partial charge >= 0.3 is 0 Å². The fourth-order valence-corrected chi connectivity index (χ4v) is 1.01. The zero-order valence-corrected chi connectivity index (χ0v) is 7.50. The Morgan fingerprint density at radius 1 is 1.33 bits per heavy atom. The summed E-state index contributed by atoms with van der Waals surface area (Å²) in [6.45, 7) is 7.80. The highest BCUT2D eigenvalue weighted by Gasteiger charge is 1.95. The van der Waals surface area contributed by atoms with E-state index in [9.17, 15) is 0 Å². The van der Waals surface area contributed by atoms with E-state index >= 15 is 0 Å². The van der Waals surface area contributed by atoms with Gasteiger partial charge in [-0.25, -0.2) is 0 Å². The van der Waals surface area contributed by atoms with Gasteiger partial charge < -0.3 is 4.74 Å². The summed E-state index contributed by atoms with van der Waals surface area (Å²) in [5.41, 5.74) is 2.00. The Bertz CT molecular complexity index is 259. The molecule has 0 fully saturated rings. The molecule has 1 aromatic carbocycles. The summed E-state index contributed by atoms with van der Waals surface area (Å²) in [7, 11) is 1.65. The number of benzene rings is 1. The van der Waals surface area contributed by atoms with E-state index in [0.29, 0.717) is 0 Å². The lowest BCUT2D eigenvalue weighted by Crippen LogP contribution is -1.84. The van der Waals surface area contributed by atoms with Crippen LogP contribution in [0, 0.1) is 6.58 Å². The molecule has 12 heavy (non-hydrogen) atoms. The van der Waals surface area contributed by atoms with E-state index in [-0.39, 0.29) is 0 Å². The minimum absolute atomic E-state index is 0.864. The third-order valence-corrected chi connectivity index (χ3v) is 1.84. The Hall–Kier alpha value is -1.24. The average Bonchev–Trinajstić information content (AvgIpc) is 2.17. The normalized spacial score (nSPS) is 9.50. The van der Waals surface area contributed by atoms with E-state index in [1.54, 1.807) is 7.11 Å². The van der Waals surface area contributed by atoms with Crippen molar-refractivity contribution in [3.8, 4) is 5.75 Å². The Morgan fingerprint density at radius 3 is 2.33 bits per heavy atom. The maximum atomic E-state index is 5.76. The molecular weight excluding hydrogens is 148 g/mol. The molecule has 0 spiro atoms. The van der Waals surface area contributed by atoms with Gasteiger partial charge in [-0.3, -0.25) is 0 Å². The van der Waals surface area contributed by atoms with Gasteiger partial charge in [0.15, 0.2) is 0 Å². The highest BCUT2D eigenvalue weighted by Crippen LogP contribution is 2.18. The molecule has 0 atom stereocenters. The van der Waals surface area contributed by atoms with E-state index in [2.05, 4.69) is 0 Å². The standard InChI is InChI=1S/C11H13O/c1-4-9(2)10-5-7-11(12-3)8-6-10/h2,5-8H,4H2,1,3H3. The van der Waals surface area contributed by atoms with Crippen LogP contribution in [-0.2, 0) is 0 Å². The summed E-state index contributed by atoms with van der Waals surface area (Å²) in [5, 5.41) is 0. The maximum Gasteiger partial charge on any atom is 0.118 e. The topological polar surface area (TPSA) is 9.23 Å². The first-order chi connectivity index (χ1) is 5.77. The number of methoxy groups -OCH3 is 1. The first-order valence-electron chi connectivity index (χ1n) is 4.03.